The van der Waals surface area contributed by atoms with Crippen molar-refractivity contribution in [2.75, 3.05) is 6.26 Å². The summed E-state index contributed by atoms with van der Waals surface area (Å²) >= 11 is 3.13. The summed E-state index contributed by atoms with van der Waals surface area (Å²) in [4.78, 5) is 17.2. The van der Waals surface area contributed by atoms with Crippen molar-refractivity contribution in [1.29, 1.82) is 0 Å². The highest BCUT2D eigenvalue weighted by atomic mass is 32.2. The summed E-state index contributed by atoms with van der Waals surface area (Å²) in [7, 11) is 0. The van der Waals surface area contributed by atoms with Gasteiger partial charge in [0.05, 0.1) is 29.8 Å². The van der Waals surface area contributed by atoms with Crippen LogP contribution in [0, 0.1) is 5.82 Å². The molecule has 2 heterocycles. The molecule has 3 rings (SSSR count). The van der Waals surface area contributed by atoms with Crippen molar-refractivity contribution in [3.05, 3.63) is 71.3 Å². The first kappa shape index (κ1) is 24.6. The lowest BCUT2D eigenvalue weighted by molar-refractivity contribution is -0.115. The largest absolute Gasteiger partial charge is 0.346 e. The fourth-order valence-corrected chi connectivity index (χ4v) is 3.97. The molecule has 0 aliphatic carbocycles. The summed E-state index contributed by atoms with van der Waals surface area (Å²) < 4.78 is 15.8. The number of nitrogens with zero attached hydrogens (tertiary/aromatic N) is 3. The highest BCUT2D eigenvalue weighted by Crippen LogP contribution is 2.24. The minimum absolute atomic E-state index is 0.219. The van der Waals surface area contributed by atoms with E-state index in [0.717, 1.165) is 10.0 Å². The van der Waals surface area contributed by atoms with Crippen LogP contribution >= 0.6 is 23.1 Å². The van der Waals surface area contributed by atoms with E-state index < -0.39 is 0 Å². The Morgan fingerprint density at radius 2 is 2.00 bits per heavy atom. The summed E-state index contributed by atoms with van der Waals surface area (Å²) in [6.07, 6.45) is 8.20. The zero-order valence-electron chi connectivity index (χ0n) is 18.2. The molecular formula is C23H27FN4OS2. The van der Waals surface area contributed by atoms with E-state index >= 15 is 0 Å². The quantitative estimate of drug-likeness (QED) is 0.350. The van der Waals surface area contributed by atoms with E-state index in [4.69, 9.17) is 0 Å². The van der Waals surface area contributed by atoms with E-state index in [9.17, 15) is 9.18 Å². The summed E-state index contributed by atoms with van der Waals surface area (Å²) in [5.41, 5.74) is 3.31. The van der Waals surface area contributed by atoms with Crippen LogP contribution in [0.3, 0.4) is 0 Å². The molecule has 1 amide bonds. The average Bonchev–Trinajstić information content (AvgIpc) is 3.41. The fraction of sp³-hybridized carbons (Fsp3) is 0.261. The second kappa shape index (κ2) is 12.2. The van der Waals surface area contributed by atoms with Crippen molar-refractivity contribution in [2.24, 2.45) is 0 Å². The van der Waals surface area contributed by atoms with E-state index in [2.05, 4.69) is 35.8 Å². The molecular weight excluding hydrogens is 431 g/mol. The van der Waals surface area contributed by atoms with E-state index in [1.54, 1.807) is 65.2 Å². The van der Waals surface area contributed by atoms with Gasteiger partial charge in [0.1, 0.15) is 10.2 Å². The first-order valence-corrected chi connectivity index (χ1v) is 12.0. The van der Waals surface area contributed by atoms with Gasteiger partial charge in [-0.05, 0) is 43.5 Å². The highest BCUT2D eigenvalue weighted by Gasteiger charge is 2.18. The molecule has 1 N–H and O–H groups in total. The number of benzene rings is 1. The van der Waals surface area contributed by atoms with E-state index in [1.165, 1.54) is 18.6 Å². The maximum Gasteiger partial charge on any atom is 0.252 e. The third kappa shape index (κ3) is 6.38. The van der Waals surface area contributed by atoms with Gasteiger partial charge in [-0.15, -0.1) is 11.3 Å². The van der Waals surface area contributed by atoms with Crippen LogP contribution in [0.15, 0.2) is 52.8 Å². The Morgan fingerprint density at radius 3 is 2.55 bits per heavy atom. The Kier molecular flexibility index (Phi) is 9.68. The third-order valence-corrected chi connectivity index (χ3v) is 5.94. The van der Waals surface area contributed by atoms with E-state index in [1.807, 2.05) is 11.6 Å². The molecule has 1 aromatic carbocycles. The van der Waals surface area contributed by atoms with E-state index in [-0.39, 0.29) is 11.7 Å². The molecule has 0 atom stereocenters. The summed E-state index contributed by atoms with van der Waals surface area (Å²) in [6.45, 7) is 10.2. The predicted octanol–water partition coefficient (Wildman–Crippen LogP) is 5.97. The number of carbonyl (C=O) groups excluding carboxylic acids is 1. The number of thiazole rings is 1. The normalized spacial score (nSPS) is 10.9. The summed E-state index contributed by atoms with van der Waals surface area (Å²) in [6, 6.07) is 5.98. The van der Waals surface area contributed by atoms with Gasteiger partial charge < -0.3 is 5.32 Å². The molecule has 0 saturated carbocycles. The van der Waals surface area contributed by atoms with Gasteiger partial charge in [0.25, 0.3) is 5.91 Å². The molecule has 8 heteroatoms. The van der Waals surface area contributed by atoms with Crippen molar-refractivity contribution < 1.29 is 9.18 Å². The second-order valence-corrected chi connectivity index (χ2v) is 8.35. The molecule has 0 saturated heterocycles. The monoisotopic (exact) mass is 458 g/mol. The van der Waals surface area contributed by atoms with Crippen molar-refractivity contribution in [2.45, 2.75) is 38.1 Å². The summed E-state index contributed by atoms with van der Waals surface area (Å²) in [5, 5.41) is 9.19. The minimum Gasteiger partial charge on any atom is -0.346 e. The van der Waals surface area contributed by atoms with Crippen LogP contribution in [0.1, 0.15) is 44.1 Å². The predicted molar refractivity (Wildman–Crippen MR) is 129 cm³/mol. The van der Waals surface area contributed by atoms with Crippen LogP contribution in [-0.4, -0.2) is 26.9 Å². The van der Waals surface area contributed by atoms with Gasteiger partial charge in [0.2, 0.25) is 0 Å². The molecule has 164 valence electrons. The second-order valence-electron chi connectivity index (χ2n) is 6.44. The zero-order valence-corrected chi connectivity index (χ0v) is 19.8. The topological polar surface area (TPSA) is 59.8 Å². The highest BCUT2D eigenvalue weighted by molar-refractivity contribution is 8.00. The standard InChI is InChI=1S/C20H19FN4OS2.C3H8/c1-4-16(19(26)22-10-14-12-28-20(24-14)27-3)17-11-23-25(18(17)5-2)15-8-6-13(21)7-9-15;1-3-2/h4-9,11-12H,2,10H2,1,3H3,(H,22,26);3H2,1-2H3/b16-4+;. The molecule has 0 aliphatic heterocycles. The third-order valence-electron chi connectivity index (χ3n) is 4.03. The van der Waals surface area contributed by atoms with Gasteiger partial charge in [-0.3, -0.25) is 4.79 Å². The van der Waals surface area contributed by atoms with Crippen LogP contribution in [0.4, 0.5) is 4.39 Å². The molecule has 2 aromatic heterocycles. The molecule has 0 unspecified atom stereocenters. The van der Waals surface area contributed by atoms with Crippen LogP contribution in [0.2, 0.25) is 0 Å². The zero-order chi connectivity index (χ0) is 22.8. The molecule has 0 fully saturated rings. The van der Waals surface area contributed by atoms with Crippen molar-refractivity contribution in [1.82, 2.24) is 20.1 Å². The molecule has 0 radical (unpaired) electrons. The van der Waals surface area contributed by atoms with Crippen molar-refractivity contribution >= 4 is 40.7 Å². The van der Waals surface area contributed by atoms with Crippen LogP contribution in [0.25, 0.3) is 17.3 Å². The average molecular weight is 459 g/mol. The Morgan fingerprint density at radius 1 is 1.32 bits per heavy atom. The number of thioether (sulfide) groups is 1. The van der Waals surface area contributed by atoms with Gasteiger partial charge in [-0.2, -0.15) is 5.10 Å². The molecule has 31 heavy (non-hydrogen) atoms. The Labute approximate surface area is 191 Å². The number of allylic oxidation sites excluding steroid dienone is 1. The van der Waals surface area contributed by atoms with Gasteiger partial charge in [-0.25, -0.2) is 14.1 Å². The van der Waals surface area contributed by atoms with Crippen LogP contribution in [-0.2, 0) is 11.3 Å². The Balaban J connectivity index is 0.00000107. The maximum atomic E-state index is 13.2. The van der Waals surface area contributed by atoms with Crippen LogP contribution in [0.5, 0.6) is 0 Å². The number of carbonyl (C=O) groups is 1. The first-order valence-electron chi connectivity index (χ1n) is 9.88. The van der Waals surface area contributed by atoms with Gasteiger partial charge in [0.15, 0.2) is 0 Å². The van der Waals surface area contributed by atoms with Crippen molar-refractivity contribution in [3.63, 3.8) is 0 Å². The first-order chi connectivity index (χ1) is 15.0. The van der Waals surface area contributed by atoms with Gasteiger partial charge in [-0.1, -0.05) is 44.7 Å². The molecule has 0 bridgehead atoms. The Bertz CT molecular complexity index is 1040. The SMILES string of the molecule is C=Cc1c(/C(=C\C)C(=O)NCc2csc(SC)n2)cnn1-c1ccc(F)cc1.CCC. The number of halogens is 1. The minimum atomic E-state index is -0.323. The molecule has 3 aromatic rings. The Hall–Kier alpha value is -2.71. The molecule has 5 nitrogen and oxygen atoms in total. The fourth-order valence-electron chi connectivity index (χ4n) is 2.69. The lowest BCUT2D eigenvalue weighted by Crippen LogP contribution is -2.24. The van der Waals surface area contributed by atoms with E-state index in [0.29, 0.717) is 29.1 Å². The number of aromatic nitrogens is 3. The number of rotatable bonds is 7. The number of hydrogen-bond acceptors (Lipinski definition) is 5. The lowest BCUT2D eigenvalue weighted by atomic mass is 10.1. The molecule has 0 aliphatic rings. The number of nitrogens with one attached hydrogen (secondary N) is 1. The van der Waals surface area contributed by atoms with Gasteiger partial charge in [0, 0.05) is 16.5 Å². The smallest absolute Gasteiger partial charge is 0.252 e. The van der Waals surface area contributed by atoms with Crippen molar-refractivity contribution in [3.8, 4) is 5.69 Å². The van der Waals surface area contributed by atoms with Gasteiger partial charge >= 0.3 is 0 Å². The maximum absolute atomic E-state index is 13.2. The number of amides is 1. The lowest BCUT2D eigenvalue weighted by Gasteiger charge is -2.09. The molecule has 0 spiro atoms. The summed E-state index contributed by atoms with van der Waals surface area (Å²) in [5.74, 6) is -0.542. The number of hydrogen-bond donors (Lipinski definition) is 1. The van der Waals surface area contributed by atoms with Crippen LogP contribution < -0.4 is 5.32 Å².